The predicted molar refractivity (Wildman–Crippen MR) is 88.6 cm³/mol. The fraction of sp³-hybridized carbons (Fsp3) is 0.125. The highest BCUT2D eigenvalue weighted by atomic mass is 79.9. The zero-order valence-electron chi connectivity index (χ0n) is 12.2. The van der Waals surface area contributed by atoms with Crippen LogP contribution in [0.4, 0.5) is 18.9 Å². The van der Waals surface area contributed by atoms with E-state index >= 15 is 0 Å². The zero-order valence-corrected chi connectivity index (χ0v) is 14.5. The van der Waals surface area contributed by atoms with E-state index in [1.807, 2.05) is 0 Å². The number of halogens is 5. The number of nitrogens with one attached hydrogen (secondary N) is 1. The maximum Gasteiger partial charge on any atom is 0.417 e. The third-order valence-electron chi connectivity index (χ3n) is 3.13. The molecule has 0 aliphatic heterocycles. The van der Waals surface area contributed by atoms with E-state index in [9.17, 15) is 22.8 Å². The van der Waals surface area contributed by atoms with Crippen LogP contribution in [0.2, 0.25) is 5.02 Å². The molecule has 0 unspecified atom stereocenters. The molecule has 0 saturated heterocycles. The first-order valence-corrected chi connectivity index (χ1v) is 7.75. The van der Waals surface area contributed by atoms with Crippen molar-refractivity contribution in [3.8, 4) is 0 Å². The van der Waals surface area contributed by atoms with E-state index in [0.717, 1.165) is 6.07 Å². The lowest BCUT2D eigenvalue weighted by Crippen LogP contribution is -2.16. The Morgan fingerprint density at radius 2 is 1.83 bits per heavy atom. The Bertz CT molecular complexity index is 821. The lowest BCUT2D eigenvalue weighted by molar-refractivity contribution is -0.137. The summed E-state index contributed by atoms with van der Waals surface area (Å²) in [5.41, 5.74) is -1.25. The molecule has 0 heterocycles. The highest BCUT2D eigenvalue weighted by Crippen LogP contribution is 2.38. The van der Waals surface area contributed by atoms with Crippen molar-refractivity contribution >= 4 is 44.9 Å². The molecule has 2 aromatic carbocycles. The second-order valence-corrected chi connectivity index (χ2v) is 6.22. The van der Waals surface area contributed by atoms with Gasteiger partial charge in [-0.05, 0) is 37.3 Å². The SMILES string of the molecule is CC(=O)c1cc(Cl)c(C(F)(F)F)cc1NC(=O)c1cccc(Br)c1. The van der Waals surface area contributed by atoms with Crippen LogP contribution in [-0.2, 0) is 6.18 Å². The number of carbonyl (C=O) groups excluding carboxylic acids is 2. The first kappa shape index (κ1) is 18.5. The average molecular weight is 421 g/mol. The molecular formula is C16H10BrClF3NO2. The Morgan fingerprint density at radius 1 is 1.17 bits per heavy atom. The van der Waals surface area contributed by atoms with Gasteiger partial charge >= 0.3 is 6.18 Å². The Balaban J connectivity index is 2.48. The topological polar surface area (TPSA) is 46.2 Å². The molecule has 0 atom stereocenters. The van der Waals surface area contributed by atoms with Crippen molar-refractivity contribution in [1.82, 2.24) is 0 Å². The van der Waals surface area contributed by atoms with Gasteiger partial charge < -0.3 is 5.32 Å². The maximum atomic E-state index is 13.0. The third-order valence-corrected chi connectivity index (χ3v) is 3.93. The zero-order chi connectivity index (χ0) is 18.1. The van der Waals surface area contributed by atoms with Crippen molar-refractivity contribution in [1.29, 1.82) is 0 Å². The Morgan fingerprint density at radius 3 is 2.38 bits per heavy atom. The van der Waals surface area contributed by atoms with E-state index in [0.29, 0.717) is 10.5 Å². The van der Waals surface area contributed by atoms with Gasteiger partial charge in [0, 0.05) is 15.6 Å². The molecule has 0 aliphatic rings. The van der Waals surface area contributed by atoms with Gasteiger partial charge in [-0.1, -0.05) is 33.6 Å². The van der Waals surface area contributed by atoms with Crippen LogP contribution in [0.1, 0.15) is 33.2 Å². The second-order valence-electron chi connectivity index (χ2n) is 4.90. The van der Waals surface area contributed by atoms with Gasteiger partial charge in [0.05, 0.1) is 16.3 Å². The number of ketones is 1. The highest BCUT2D eigenvalue weighted by Gasteiger charge is 2.34. The second kappa shape index (κ2) is 6.94. The molecule has 0 aromatic heterocycles. The molecule has 0 radical (unpaired) electrons. The number of hydrogen-bond acceptors (Lipinski definition) is 2. The van der Waals surface area contributed by atoms with Crippen molar-refractivity contribution in [2.45, 2.75) is 13.1 Å². The fourth-order valence-electron chi connectivity index (χ4n) is 2.01. The molecule has 2 rings (SSSR count). The van der Waals surface area contributed by atoms with Gasteiger partial charge in [-0.25, -0.2) is 0 Å². The number of rotatable bonds is 3. The summed E-state index contributed by atoms with van der Waals surface area (Å²) in [4.78, 5) is 23.9. The predicted octanol–water partition coefficient (Wildman–Crippen LogP) is 5.58. The molecule has 2 aromatic rings. The molecule has 0 fully saturated rings. The van der Waals surface area contributed by atoms with Crippen molar-refractivity contribution in [2.24, 2.45) is 0 Å². The third kappa shape index (κ3) is 4.15. The molecule has 1 N–H and O–H groups in total. The van der Waals surface area contributed by atoms with Crippen molar-refractivity contribution in [3.05, 3.63) is 62.6 Å². The first-order chi connectivity index (χ1) is 11.1. The summed E-state index contributed by atoms with van der Waals surface area (Å²) < 4.78 is 39.6. The largest absolute Gasteiger partial charge is 0.417 e. The number of amides is 1. The number of Topliss-reactive ketones (excluding diaryl/α,β-unsaturated/α-hetero) is 1. The van der Waals surface area contributed by atoms with Crippen LogP contribution < -0.4 is 5.32 Å². The van der Waals surface area contributed by atoms with Gasteiger partial charge in [-0.15, -0.1) is 0 Å². The summed E-state index contributed by atoms with van der Waals surface area (Å²) in [6.07, 6.45) is -4.71. The standard InChI is InChI=1S/C16H10BrClF3NO2/c1-8(23)11-6-13(18)12(16(19,20)21)7-14(11)22-15(24)9-3-2-4-10(17)5-9/h2-7H,1H3,(H,22,24). The van der Waals surface area contributed by atoms with E-state index in [4.69, 9.17) is 11.6 Å². The van der Waals surface area contributed by atoms with Crippen LogP contribution in [-0.4, -0.2) is 11.7 Å². The van der Waals surface area contributed by atoms with Crippen molar-refractivity contribution < 1.29 is 22.8 Å². The first-order valence-electron chi connectivity index (χ1n) is 6.58. The molecule has 0 bridgehead atoms. The normalized spacial score (nSPS) is 11.2. The lowest BCUT2D eigenvalue weighted by atomic mass is 10.0. The van der Waals surface area contributed by atoms with Crippen LogP contribution in [0.3, 0.4) is 0 Å². The van der Waals surface area contributed by atoms with E-state index in [2.05, 4.69) is 21.2 Å². The summed E-state index contributed by atoms with van der Waals surface area (Å²) in [7, 11) is 0. The summed E-state index contributed by atoms with van der Waals surface area (Å²) in [5, 5.41) is 1.73. The molecule has 1 amide bonds. The molecular weight excluding hydrogens is 411 g/mol. The van der Waals surface area contributed by atoms with E-state index in [-0.39, 0.29) is 16.8 Å². The minimum atomic E-state index is -4.71. The molecule has 8 heteroatoms. The van der Waals surface area contributed by atoms with Gasteiger partial charge in [0.15, 0.2) is 5.78 Å². The number of anilines is 1. The lowest BCUT2D eigenvalue weighted by Gasteiger charge is -2.15. The Labute approximate surface area is 148 Å². The number of benzene rings is 2. The summed E-state index contributed by atoms with van der Waals surface area (Å²) in [5.74, 6) is -1.16. The van der Waals surface area contributed by atoms with E-state index in [1.54, 1.807) is 12.1 Å². The number of alkyl halides is 3. The van der Waals surface area contributed by atoms with Crippen LogP contribution in [0.5, 0.6) is 0 Å². The summed E-state index contributed by atoms with van der Waals surface area (Å²) in [6, 6.07) is 7.87. The van der Waals surface area contributed by atoms with Crippen molar-refractivity contribution in [2.75, 3.05) is 5.32 Å². The fourth-order valence-corrected chi connectivity index (χ4v) is 2.68. The highest BCUT2D eigenvalue weighted by molar-refractivity contribution is 9.10. The van der Waals surface area contributed by atoms with Gasteiger partial charge in [0.25, 0.3) is 5.91 Å². The van der Waals surface area contributed by atoms with Crippen LogP contribution in [0.25, 0.3) is 0 Å². The molecule has 24 heavy (non-hydrogen) atoms. The summed E-state index contributed by atoms with van der Waals surface area (Å²) in [6.45, 7) is 1.17. The van der Waals surface area contributed by atoms with Gasteiger partial charge in [0.2, 0.25) is 0 Å². The van der Waals surface area contributed by atoms with E-state index in [1.165, 1.54) is 19.1 Å². The monoisotopic (exact) mass is 419 g/mol. The Kier molecular flexibility index (Phi) is 5.35. The molecule has 0 aliphatic carbocycles. The molecule has 3 nitrogen and oxygen atoms in total. The molecule has 0 saturated carbocycles. The van der Waals surface area contributed by atoms with E-state index < -0.39 is 28.5 Å². The molecule has 126 valence electrons. The quantitative estimate of drug-likeness (QED) is 0.659. The van der Waals surface area contributed by atoms with Crippen LogP contribution >= 0.6 is 27.5 Å². The average Bonchev–Trinajstić information content (AvgIpc) is 2.47. The number of hydrogen-bond donors (Lipinski definition) is 1. The molecule has 0 spiro atoms. The summed E-state index contributed by atoms with van der Waals surface area (Å²) >= 11 is 8.81. The maximum absolute atomic E-state index is 13.0. The minimum Gasteiger partial charge on any atom is -0.321 e. The van der Waals surface area contributed by atoms with Crippen LogP contribution in [0, 0.1) is 0 Å². The van der Waals surface area contributed by atoms with Crippen molar-refractivity contribution in [3.63, 3.8) is 0 Å². The van der Waals surface area contributed by atoms with Gasteiger partial charge in [-0.2, -0.15) is 13.2 Å². The Hall–Kier alpha value is -1.86. The van der Waals surface area contributed by atoms with Gasteiger partial charge in [-0.3, -0.25) is 9.59 Å². The number of carbonyl (C=O) groups is 2. The van der Waals surface area contributed by atoms with Crippen LogP contribution in [0.15, 0.2) is 40.9 Å². The smallest absolute Gasteiger partial charge is 0.321 e. The van der Waals surface area contributed by atoms with Gasteiger partial charge in [0.1, 0.15) is 0 Å². The minimum absolute atomic E-state index is 0.101.